The first-order valence-electron chi connectivity index (χ1n) is 7.91. The van der Waals surface area contributed by atoms with Gasteiger partial charge < -0.3 is 15.2 Å². The van der Waals surface area contributed by atoms with Crippen molar-refractivity contribution >= 4 is 11.7 Å². The maximum absolute atomic E-state index is 12.8. The molecular formula is C18H18FN5O. The fourth-order valence-corrected chi connectivity index (χ4v) is 2.31. The van der Waals surface area contributed by atoms with E-state index in [9.17, 15) is 9.18 Å². The fraction of sp³-hybridized carbons (Fsp3) is 0.167. The van der Waals surface area contributed by atoms with E-state index in [1.54, 1.807) is 12.1 Å². The summed E-state index contributed by atoms with van der Waals surface area (Å²) in [4.78, 5) is 20.2. The van der Waals surface area contributed by atoms with Gasteiger partial charge in [-0.3, -0.25) is 4.79 Å². The van der Waals surface area contributed by atoms with E-state index in [0.717, 1.165) is 11.4 Å². The van der Waals surface area contributed by atoms with E-state index in [1.165, 1.54) is 18.5 Å². The zero-order valence-electron chi connectivity index (χ0n) is 13.5. The van der Waals surface area contributed by atoms with Crippen molar-refractivity contribution in [2.45, 2.75) is 6.42 Å². The molecule has 1 amide bonds. The first-order chi connectivity index (χ1) is 12.2. The van der Waals surface area contributed by atoms with Crippen LogP contribution in [0.3, 0.4) is 0 Å². The molecule has 0 aliphatic heterocycles. The van der Waals surface area contributed by atoms with Gasteiger partial charge in [0.05, 0.1) is 6.42 Å². The van der Waals surface area contributed by atoms with Crippen molar-refractivity contribution in [2.24, 2.45) is 0 Å². The molecule has 2 N–H and O–H groups in total. The number of benzene rings is 1. The summed E-state index contributed by atoms with van der Waals surface area (Å²) < 4.78 is 14.7. The minimum Gasteiger partial charge on any atom is -0.368 e. The van der Waals surface area contributed by atoms with Crippen LogP contribution in [0.1, 0.15) is 5.56 Å². The molecule has 0 saturated carbocycles. The van der Waals surface area contributed by atoms with E-state index in [4.69, 9.17) is 0 Å². The standard InChI is InChI=1S/C18H18FN5O/c19-15-5-3-14(4-6-15)11-18(25)21-8-7-20-16-12-17(23-13-22-16)24-9-1-2-10-24/h1-6,9-10,12-13H,7-8,11H2,(H,21,25)(H,20,22,23). The Labute approximate surface area is 144 Å². The highest BCUT2D eigenvalue weighted by Gasteiger charge is 2.04. The second-order valence-corrected chi connectivity index (χ2v) is 5.43. The van der Waals surface area contributed by atoms with E-state index < -0.39 is 0 Å². The third-order valence-electron chi connectivity index (χ3n) is 3.55. The predicted molar refractivity (Wildman–Crippen MR) is 93.0 cm³/mol. The summed E-state index contributed by atoms with van der Waals surface area (Å²) in [6.07, 6.45) is 5.53. The largest absolute Gasteiger partial charge is 0.368 e. The summed E-state index contributed by atoms with van der Waals surface area (Å²) in [5.74, 6) is 1.04. The molecule has 3 aromatic rings. The summed E-state index contributed by atoms with van der Waals surface area (Å²) >= 11 is 0. The number of nitrogens with zero attached hydrogens (tertiary/aromatic N) is 3. The molecule has 2 aromatic heterocycles. The molecule has 0 spiro atoms. The Morgan fingerprint density at radius 1 is 1.08 bits per heavy atom. The molecule has 0 unspecified atom stereocenters. The molecule has 0 aliphatic carbocycles. The highest BCUT2D eigenvalue weighted by atomic mass is 19.1. The molecule has 0 radical (unpaired) electrons. The fourth-order valence-electron chi connectivity index (χ4n) is 2.31. The average molecular weight is 339 g/mol. The molecular weight excluding hydrogens is 321 g/mol. The van der Waals surface area contributed by atoms with Gasteiger partial charge in [-0.25, -0.2) is 14.4 Å². The lowest BCUT2D eigenvalue weighted by Gasteiger charge is -2.09. The number of carbonyl (C=O) groups excluding carboxylic acids is 1. The minimum absolute atomic E-state index is 0.107. The normalized spacial score (nSPS) is 10.4. The Balaban J connectivity index is 1.43. The minimum atomic E-state index is -0.308. The van der Waals surface area contributed by atoms with E-state index >= 15 is 0 Å². The third-order valence-corrected chi connectivity index (χ3v) is 3.55. The molecule has 25 heavy (non-hydrogen) atoms. The van der Waals surface area contributed by atoms with E-state index in [0.29, 0.717) is 18.9 Å². The SMILES string of the molecule is O=C(Cc1ccc(F)cc1)NCCNc1cc(-n2cccc2)ncn1. The quantitative estimate of drug-likeness (QED) is 0.647. The maximum atomic E-state index is 12.8. The summed E-state index contributed by atoms with van der Waals surface area (Å²) in [5.41, 5.74) is 0.777. The molecule has 7 heteroatoms. The molecule has 1 aromatic carbocycles. The number of nitrogens with one attached hydrogen (secondary N) is 2. The van der Waals surface area contributed by atoms with Gasteiger partial charge in [-0.2, -0.15) is 0 Å². The average Bonchev–Trinajstić information content (AvgIpc) is 3.16. The van der Waals surface area contributed by atoms with Crippen molar-refractivity contribution < 1.29 is 9.18 Å². The zero-order valence-corrected chi connectivity index (χ0v) is 13.5. The van der Waals surface area contributed by atoms with Gasteiger partial charge in [0.25, 0.3) is 0 Å². The molecule has 0 fully saturated rings. The smallest absolute Gasteiger partial charge is 0.224 e. The van der Waals surface area contributed by atoms with Gasteiger partial charge in [0.2, 0.25) is 5.91 Å². The van der Waals surface area contributed by atoms with Gasteiger partial charge in [-0.15, -0.1) is 0 Å². The zero-order chi connectivity index (χ0) is 17.5. The number of anilines is 1. The van der Waals surface area contributed by atoms with Crippen LogP contribution in [-0.4, -0.2) is 33.5 Å². The van der Waals surface area contributed by atoms with Gasteiger partial charge in [0.15, 0.2) is 0 Å². The first kappa shape index (κ1) is 16.6. The molecule has 3 rings (SSSR count). The number of halogens is 1. The van der Waals surface area contributed by atoms with Crippen molar-refractivity contribution in [3.05, 3.63) is 72.6 Å². The highest BCUT2D eigenvalue weighted by molar-refractivity contribution is 5.78. The van der Waals surface area contributed by atoms with Crippen LogP contribution in [0, 0.1) is 5.82 Å². The Morgan fingerprint density at radius 2 is 1.84 bits per heavy atom. The monoisotopic (exact) mass is 339 g/mol. The van der Waals surface area contributed by atoms with E-state index in [1.807, 2.05) is 35.2 Å². The number of hydrogen-bond donors (Lipinski definition) is 2. The van der Waals surface area contributed by atoms with Crippen LogP contribution in [0.15, 0.2) is 61.2 Å². The van der Waals surface area contributed by atoms with Crippen LogP contribution in [0.2, 0.25) is 0 Å². The van der Waals surface area contributed by atoms with Crippen molar-refractivity contribution in [2.75, 3.05) is 18.4 Å². The highest BCUT2D eigenvalue weighted by Crippen LogP contribution is 2.08. The molecule has 128 valence electrons. The second kappa shape index (κ2) is 8.05. The van der Waals surface area contributed by atoms with Gasteiger partial charge in [0.1, 0.15) is 23.8 Å². The van der Waals surface area contributed by atoms with Crippen LogP contribution in [0.5, 0.6) is 0 Å². The van der Waals surface area contributed by atoms with Gasteiger partial charge in [0, 0.05) is 31.5 Å². The Bertz CT molecular complexity index is 818. The molecule has 0 saturated heterocycles. The van der Waals surface area contributed by atoms with Crippen LogP contribution in [0.4, 0.5) is 10.2 Å². The predicted octanol–water partition coefficient (Wildman–Crippen LogP) is 2.18. The summed E-state index contributed by atoms with van der Waals surface area (Å²) in [6.45, 7) is 1.00. The number of amides is 1. The summed E-state index contributed by atoms with van der Waals surface area (Å²) in [6, 6.07) is 11.6. The number of hydrogen-bond acceptors (Lipinski definition) is 4. The third kappa shape index (κ3) is 4.87. The first-order valence-corrected chi connectivity index (χ1v) is 7.91. The molecule has 0 bridgehead atoms. The van der Waals surface area contributed by atoms with Crippen LogP contribution >= 0.6 is 0 Å². The van der Waals surface area contributed by atoms with Crippen molar-refractivity contribution in [1.82, 2.24) is 19.9 Å². The lowest BCUT2D eigenvalue weighted by molar-refractivity contribution is -0.120. The topological polar surface area (TPSA) is 71.8 Å². The van der Waals surface area contributed by atoms with Crippen molar-refractivity contribution in [1.29, 1.82) is 0 Å². The lowest BCUT2D eigenvalue weighted by atomic mass is 10.1. The van der Waals surface area contributed by atoms with Crippen LogP contribution in [-0.2, 0) is 11.2 Å². The van der Waals surface area contributed by atoms with E-state index in [2.05, 4.69) is 20.6 Å². The van der Waals surface area contributed by atoms with Crippen molar-refractivity contribution in [3.8, 4) is 5.82 Å². The van der Waals surface area contributed by atoms with Gasteiger partial charge >= 0.3 is 0 Å². The molecule has 0 aliphatic rings. The number of carbonyl (C=O) groups is 1. The molecule has 0 atom stereocenters. The van der Waals surface area contributed by atoms with Crippen LogP contribution < -0.4 is 10.6 Å². The summed E-state index contributed by atoms with van der Waals surface area (Å²) in [5, 5.41) is 5.96. The number of aromatic nitrogens is 3. The molecule has 2 heterocycles. The van der Waals surface area contributed by atoms with Crippen LogP contribution in [0.25, 0.3) is 5.82 Å². The number of rotatable bonds is 7. The Hall–Kier alpha value is -3.22. The van der Waals surface area contributed by atoms with Gasteiger partial charge in [-0.1, -0.05) is 12.1 Å². The van der Waals surface area contributed by atoms with Crippen molar-refractivity contribution in [3.63, 3.8) is 0 Å². The summed E-state index contributed by atoms with van der Waals surface area (Å²) in [7, 11) is 0. The maximum Gasteiger partial charge on any atom is 0.224 e. The Morgan fingerprint density at radius 3 is 2.60 bits per heavy atom. The molecule has 6 nitrogen and oxygen atoms in total. The lowest BCUT2D eigenvalue weighted by Crippen LogP contribution is -2.30. The van der Waals surface area contributed by atoms with E-state index in [-0.39, 0.29) is 18.1 Å². The second-order valence-electron chi connectivity index (χ2n) is 5.43. The van der Waals surface area contributed by atoms with Gasteiger partial charge in [-0.05, 0) is 29.8 Å². The Kier molecular flexibility index (Phi) is 5.36.